The van der Waals surface area contributed by atoms with Gasteiger partial charge >= 0.3 is 5.97 Å². The van der Waals surface area contributed by atoms with E-state index in [-0.39, 0.29) is 0 Å². The molecule has 4 rings (SSSR count). The minimum Gasteiger partial charge on any atom is -0.480 e. The summed E-state index contributed by atoms with van der Waals surface area (Å²) in [5, 5.41) is 14.1. The molecule has 0 spiro atoms. The summed E-state index contributed by atoms with van der Waals surface area (Å²) in [5.41, 5.74) is 0.963. The highest BCUT2D eigenvalue weighted by molar-refractivity contribution is 5.80. The number of nitrogens with zero attached hydrogens (tertiary/aromatic N) is 5. The van der Waals surface area contributed by atoms with E-state index in [9.17, 15) is 14.7 Å². The molecule has 1 aromatic carbocycles. The van der Waals surface area contributed by atoms with Gasteiger partial charge in [0, 0.05) is 18.0 Å². The van der Waals surface area contributed by atoms with E-state index in [0.717, 1.165) is 5.56 Å². The van der Waals surface area contributed by atoms with Crippen LogP contribution in [-0.4, -0.2) is 35.2 Å². The number of carboxylic acid groups (broad SMARTS) is 1. The van der Waals surface area contributed by atoms with E-state index in [2.05, 4.69) is 15.1 Å². The lowest BCUT2D eigenvalue weighted by molar-refractivity contribution is -0.141. The molecule has 0 aliphatic heterocycles. The summed E-state index contributed by atoms with van der Waals surface area (Å²) in [5.74, 6) is -0.166. The standard InChI is InChI=1S/C18H15N5O3/c1-2-13(17(25)26)22-9-8-14-12(16(22)24)10-19-18-20-15(21-23(14)18)11-6-4-3-5-7-11/h3-10,13H,2H2,1H3,(H,25,26). The fourth-order valence-corrected chi connectivity index (χ4v) is 2.98. The molecule has 0 bridgehead atoms. The molecule has 0 aliphatic rings. The van der Waals surface area contributed by atoms with Crippen molar-refractivity contribution in [1.82, 2.24) is 24.1 Å². The lowest BCUT2D eigenvalue weighted by Crippen LogP contribution is -2.29. The van der Waals surface area contributed by atoms with E-state index in [4.69, 9.17) is 0 Å². The smallest absolute Gasteiger partial charge is 0.326 e. The number of carboxylic acids is 1. The second-order valence-corrected chi connectivity index (χ2v) is 5.86. The van der Waals surface area contributed by atoms with Gasteiger partial charge in [0.25, 0.3) is 11.3 Å². The van der Waals surface area contributed by atoms with Gasteiger partial charge in [0.2, 0.25) is 0 Å². The lowest BCUT2D eigenvalue weighted by atomic mass is 10.2. The number of carbonyl (C=O) groups is 1. The molecule has 8 nitrogen and oxygen atoms in total. The molecular formula is C18H15N5O3. The number of hydrogen-bond acceptors (Lipinski definition) is 5. The Bertz CT molecular complexity index is 1180. The predicted molar refractivity (Wildman–Crippen MR) is 94.9 cm³/mol. The molecule has 1 unspecified atom stereocenters. The fraction of sp³-hybridized carbons (Fsp3) is 0.167. The first-order valence-electron chi connectivity index (χ1n) is 8.15. The Morgan fingerprint density at radius 2 is 2.00 bits per heavy atom. The van der Waals surface area contributed by atoms with Gasteiger partial charge in [-0.05, 0) is 12.5 Å². The van der Waals surface area contributed by atoms with Crippen LogP contribution in [0.1, 0.15) is 19.4 Å². The molecule has 0 saturated carbocycles. The molecule has 0 fully saturated rings. The summed E-state index contributed by atoms with van der Waals surface area (Å²) in [7, 11) is 0. The van der Waals surface area contributed by atoms with Gasteiger partial charge in [-0.3, -0.25) is 4.79 Å². The fourth-order valence-electron chi connectivity index (χ4n) is 2.98. The molecule has 8 heteroatoms. The molecule has 0 saturated heterocycles. The van der Waals surface area contributed by atoms with E-state index in [1.807, 2.05) is 30.3 Å². The normalized spacial score (nSPS) is 12.5. The molecule has 3 heterocycles. The molecule has 130 valence electrons. The molecule has 1 N–H and O–H groups in total. The number of fused-ring (bicyclic) bond motifs is 3. The molecule has 3 aromatic heterocycles. The van der Waals surface area contributed by atoms with Gasteiger partial charge in [-0.1, -0.05) is 37.3 Å². The molecule has 4 aromatic rings. The minimum absolute atomic E-state index is 0.296. The summed E-state index contributed by atoms with van der Waals surface area (Å²) in [6.45, 7) is 1.72. The van der Waals surface area contributed by atoms with Crippen molar-refractivity contribution < 1.29 is 9.90 Å². The summed E-state index contributed by atoms with van der Waals surface area (Å²) >= 11 is 0. The maximum Gasteiger partial charge on any atom is 0.326 e. The summed E-state index contributed by atoms with van der Waals surface area (Å²) in [6.07, 6.45) is 3.20. The minimum atomic E-state index is -1.05. The van der Waals surface area contributed by atoms with Crippen molar-refractivity contribution in [3.63, 3.8) is 0 Å². The van der Waals surface area contributed by atoms with Crippen molar-refractivity contribution in [2.75, 3.05) is 0 Å². The molecular weight excluding hydrogens is 334 g/mol. The van der Waals surface area contributed by atoms with Crippen LogP contribution >= 0.6 is 0 Å². The Morgan fingerprint density at radius 1 is 1.23 bits per heavy atom. The first-order valence-corrected chi connectivity index (χ1v) is 8.15. The van der Waals surface area contributed by atoms with Crippen molar-refractivity contribution in [2.45, 2.75) is 19.4 Å². The highest BCUT2D eigenvalue weighted by Crippen LogP contribution is 2.18. The Balaban J connectivity index is 1.94. The topological polar surface area (TPSA) is 102 Å². The summed E-state index contributed by atoms with van der Waals surface area (Å²) in [6, 6.07) is 10.2. The average Bonchev–Trinajstić information content (AvgIpc) is 3.09. The van der Waals surface area contributed by atoms with Crippen molar-refractivity contribution in [2.24, 2.45) is 0 Å². The predicted octanol–water partition coefficient (Wildman–Crippen LogP) is 2.14. The highest BCUT2D eigenvalue weighted by Gasteiger charge is 2.20. The lowest BCUT2D eigenvalue weighted by Gasteiger charge is -2.14. The molecule has 0 amide bonds. The number of rotatable bonds is 4. The second kappa shape index (κ2) is 6.07. The van der Waals surface area contributed by atoms with Crippen LogP contribution in [0.25, 0.3) is 28.1 Å². The number of aromatic nitrogens is 5. The van der Waals surface area contributed by atoms with Crippen LogP contribution in [0.15, 0.2) is 53.6 Å². The Kier molecular flexibility index (Phi) is 3.72. The van der Waals surface area contributed by atoms with E-state index in [1.54, 1.807) is 13.0 Å². The van der Waals surface area contributed by atoms with Gasteiger partial charge in [-0.25, -0.2) is 9.78 Å². The first kappa shape index (κ1) is 15.9. The van der Waals surface area contributed by atoms with Crippen molar-refractivity contribution in [1.29, 1.82) is 0 Å². The first-order chi connectivity index (χ1) is 12.6. The van der Waals surface area contributed by atoms with Crippen LogP contribution in [0.3, 0.4) is 0 Å². The highest BCUT2D eigenvalue weighted by atomic mass is 16.4. The van der Waals surface area contributed by atoms with Gasteiger partial charge < -0.3 is 9.67 Å². The third-order valence-electron chi connectivity index (χ3n) is 4.30. The van der Waals surface area contributed by atoms with Crippen molar-refractivity contribution in [3.8, 4) is 11.4 Å². The molecule has 1 atom stereocenters. The third-order valence-corrected chi connectivity index (χ3v) is 4.30. The maximum absolute atomic E-state index is 12.8. The Hall–Kier alpha value is -3.55. The average molecular weight is 349 g/mol. The SMILES string of the molecule is CCC(C(=O)O)n1ccc2c(cnc3nc(-c4ccccc4)nn32)c1=O. The number of benzene rings is 1. The van der Waals surface area contributed by atoms with E-state index < -0.39 is 17.6 Å². The van der Waals surface area contributed by atoms with Crippen LogP contribution in [0.5, 0.6) is 0 Å². The second-order valence-electron chi connectivity index (χ2n) is 5.86. The Morgan fingerprint density at radius 3 is 2.69 bits per heavy atom. The van der Waals surface area contributed by atoms with Crippen LogP contribution < -0.4 is 5.56 Å². The van der Waals surface area contributed by atoms with Gasteiger partial charge in [-0.2, -0.15) is 9.50 Å². The van der Waals surface area contributed by atoms with Gasteiger partial charge in [-0.15, -0.1) is 5.10 Å². The zero-order valence-electron chi connectivity index (χ0n) is 13.9. The monoisotopic (exact) mass is 349 g/mol. The number of hydrogen-bond donors (Lipinski definition) is 1. The zero-order valence-corrected chi connectivity index (χ0v) is 13.9. The van der Waals surface area contributed by atoms with Crippen LogP contribution in [0, 0.1) is 0 Å². The van der Waals surface area contributed by atoms with Gasteiger partial charge in [0.1, 0.15) is 6.04 Å². The van der Waals surface area contributed by atoms with E-state index >= 15 is 0 Å². The quantitative estimate of drug-likeness (QED) is 0.605. The summed E-state index contributed by atoms with van der Waals surface area (Å²) in [4.78, 5) is 32.8. The number of aliphatic carboxylic acids is 1. The van der Waals surface area contributed by atoms with Crippen molar-refractivity contribution in [3.05, 3.63) is 59.1 Å². The largest absolute Gasteiger partial charge is 0.480 e. The summed E-state index contributed by atoms with van der Waals surface area (Å²) < 4.78 is 2.72. The van der Waals surface area contributed by atoms with Gasteiger partial charge in [0.05, 0.1) is 10.9 Å². The molecule has 26 heavy (non-hydrogen) atoms. The molecule has 0 aliphatic carbocycles. The third kappa shape index (κ3) is 2.43. The van der Waals surface area contributed by atoms with E-state index in [1.165, 1.54) is 21.5 Å². The molecule has 0 radical (unpaired) electrons. The maximum atomic E-state index is 12.8. The van der Waals surface area contributed by atoms with Crippen molar-refractivity contribution >= 4 is 22.6 Å². The van der Waals surface area contributed by atoms with E-state index in [0.29, 0.717) is 28.9 Å². The zero-order chi connectivity index (χ0) is 18.3. The Labute approximate surface area is 147 Å². The van der Waals surface area contributed by atoms with Crippen LogP contribution in [0.2, 0.25) is 0 Å². The van der Waals surface area contributed by atoms with Gasteiger partial charge in [0.15, 0.2) is 5.82 Å². The van der Waals surface area contributed by atoms with Crippen LogP contribution in [0.4, 0.5) is 0 Å². The number of pyridine rings is 1. The van der Waals surface area contributed by atoms with Crippen LogP contribution in [-0.2, 0) is 4.79 Å².